The number of amides is 1. The molecule has 2 N–H and O–H groups in total. The summed E-state index contributed by atoms with van der Waals surface area (Å²) in [6, 6.07) is 0. The van der Waals surface area contributed by atoms with Gasteiger partial charge in [0.15, 0.2) is 0 Å². The molecule has 0 saturated carbocycles. The van der Waals surface area contributed by atoms with E-state index in [0.29, 0.717) is 5.91 Å². The second kappa shape index (κ2) is 5.83. The molecule has 0 bridgehead atoms. The Kier molecular flexibility index (Phi) is 4.40. The number of carbonyl (C=O) groups excluding carboxylic acids is 1. The predicted octanol–water partition coefficient (Wildman–Crippen LogP) is 0.588. The van der Waals surface area contributed by atoms with Gasteiger partial charge in [-0.05, 0) is 38.8 Å². The van der Waals surface area contributed by atoms with Crippen molar-refractivity contribution in [2.45, 2.75) is 32.6 Å². The lowest BCUT2D eigenvalue weighted by atomic mass is 9.77. The first-order valence-corrected chi connectivity index (χ1v) is 6.99. The molecule has 4 heteroatoms. The average Bonchev–Trinajstić information content (AvgIpc) is 2.67. The first kappa shape index (κ1) is 12.8. The highest BCUT2D eigenvalue weighted by molar-refractivity contribution is 5.83. The third-order valence-electron chi connectivity index (χ3n) is 4.23. The largest absolute Gasteiger partial charge is 0.341 e. The highest BCUT2D eigenvalue weighted by Crippen LogP contribution is 2.32. The van der Waals surface area contributed by atoms with Crippen molar-refractivity contribution in [3.8, 4) is 0 Å². The van der Waals surface area contributed by atoms with Crippen LogP contribution in [-0.4, -0.2) is 50.1 Å². The molecule has 0 aliphatic carbocycles. The molecule has 0 aromatic carbocycles. The van der Waals surface area contributed by atoms with Crippen LogP contribution in [0, 0.1) is 5.41 Å². The van der Waals surface area contributed by atoms with Gasteiger partial charge in [-0.15, -0.1) is 0 Å². The summed E-state index contributed by atoms with van der Waals surface area (Å²) in [6.07, 6.45) is 4.23. The topological polar surface area (TPSA) is 44.4 Å². The molecule has 2 heterocycles. The maximum absolute atomic E-state index is 12.7. The minimum Gasteiger partial charge on any atom is -0.341 e. The van der Waals surface area contributed by atoms with E-state index >= 15 is 0 Å². The fourth-order valence-corrected chi connectivity index (χ4v) is 2.99. The Morgan fingerprint density at radius 3 is 2.71 bits per heavy atom. The van der Waals surface area contributed by atoms with Gasteiger partial charge in [0.25, 0.3) is 0 Å². The summed E-state index contributed by atoms with van der Waals surface area (Å²) in [4.78, 5) is 14.8. The molecule has 2 saturated heterocycles. The molecule has 2 rings (SSSR count). The van der Waals surface area contributed by atoms with E-state index in [1.54, 1.807) is 0 Å². The van der Waals surface area contributed by atoms with Crippen LogP contribution in [0.4, 0.5) is 0 Å². The zero-order valence-electron chi connectivity index (χ0n) is 10.9. The van der Waals surface area contributed by atoms with E-state index in [0.717, 1.165) is 65.0 Å². The van der Waals surface area contributed by atoms with Crippen LogP contribution >= 0.6 is 0 Å². The predicted molar refractivity (Wildman–Crippen MR) is 68.9 cm³/mol. The van der Waals surface area contributed by atoms with Gasteiger partial charge in [0.1, 0.15) is 0 Å². The average molecular weight is 239 g/mol. The highest BCUT2D eigenvalue weighted by Gasteiger charge is 2.40. The van der Waals surface area contributed by atoms with Gasteiger partial charge in [-0.1, -0.05) is 6.92 Å². The fraction of sp³-hybridized carbons (Fsp3) is 0.923. The number of carbonyl (C=O) groups is 1. The van der Waals surface area contributed by atoms with Crippen molar-refractivity contribution >= 4 is 5.91 Å². The second-order valence-electron chi connectivity index (χ2n) is 5.31. The van der Waals surface area contributed by atoms with Crippen LogP contribution in [0.25, 0.3) is 0 Å². The molecule has 1 atom stereocenters. The number of hydrogen-bond acceptors (Lipinski definition) is 3. The Balaban J connectivity index is 2.04. The summed E-state index contributed by atoms with van der Waals surface area (Å²) in [5.41, 5.74) is -0.122. The van der Waals surface area contributed by atoms with E-state index in [9.17, 15) is 4.79 Å². The van der Waals surface area contributed by atoms with Crippen LogP contribution in [0.15, 0.2) is 0 Å². The number of rotatable bonds is 2. The quantitative estimate of drug-likeness (QED) is 0.741. The van der Waals surface area contributed by atoms with Gasteiger partial charge in [0, 0.05) is 26.2 Å². The summed E-state index contributed by atoms with van der Waals surface area (Å²) in [5.74, 6) is 0.385. The number of nitrogens with one attached hydrogen (secondary N) is 2. The van der Waals surface area contributed by atoms with Gasteiger partial charge in [0.05, 0.1) is 5.41 Å². The molecule has 2 fully saturated rings. The molecular weight excluding hydrogens is 214 g/mol. The third-order valence-corrected chi connectivity index (χ3v) is 4.23. The maximum Gasteiger partial charge on any atom is 0.230 e. The Morgan fingerprint density at radius 1 is 1.18 bits per heavy atom. The normalized spacial score (nSPS) is 31.0. The van der Waals surface area contributed by atoms with Gasteiger partial charge in [-0.2, -0.15) is 0 Å². The van der Waals surface area contributed by atoms with Crippen LogP contribution in [0.3, 0.4) is 0 Å². The number of piperidine rings is 1. The lowest BCUT2D eigenvalue weighted by molar-refractivity contribution is -0.143. The van der Waals surface area contributed by atoms with E-state index in [1.807, 2.05) is 0 Å². The van der Waals surface area contributed by atoms with Crippen LogP contribution in [0.5, 0.6) is 0 Å². The van der Waals surface area contributed by atoms with Crippen molar-refractivity contribution in [1.29, 1.82) is 0 Å². The summed E-state index contributed by atoms with van der Waals surface area (Å²) in [7, 11) is 0. The van der Waals surface area contributed by atoms with Gasteiger partial charge >= 0.3 is 0 Å². The van der Waals surface area contributed by atoms with E-state index in [4.69, 9.17) is 0 Å². The van der Waals surface area contributed by atoms with Gasteiger partial charge in [0.2, 0.25) is 5.91 Å². The summed E-state index contributed by atoms with van der Waals surface area (Å²) in [5, 5.41) is 6.76. The summed E-state index contributed by atoms with van der Waals surface area (Å²) < 4.78 is 0. The molecule has 1 unspecified atom stereocenters. The molecule has 17 heavy (non-hydrogen) atoms. The third kappa shape index (κ3) is 2.80. The smallest absolute Gasteiger partial charge is 0.230 e. The van der Waals surface area contributed by atoms with Crippen molar-refractivity contribution in [3.63, 3.8) is 0 Å². The summed E-state index contributed by atoms with van der Waals surface area (Å²) >= 11 is 0. The minimum absolute atomic E-state index is 0.122. The number of hydrogen-bond donors (Lipinski definition) is 2. The van der Waals surface area contributed by atoms with Crippen molar-refractivity contribution < 1.29 is 4.79 Å². The van der Waals surface area contributed by atoms with Gasteiger partial charge in [-0.3, -0.25) is 4.79 Å². The van der Waals surface area contributed by atoms with Crippen molar-refractivity contribution in [2.24, 2.45) is 5.41 Å². The maximum atomic E-state index is 12.7. The Labute approximate surface area is 104 Å². The first-order valence-electron chi connectivity index (χ1n) is 6.99. The van der Waals surface area contributed by atoms with Crippen LogP contribution in [-0.2, 0) is 4.79 Å². The first-order chi connectivity index (χ1) is 8.28. The van der Waals surface area contributed by atoms with Crippen molar-refractivity contribution in [2.75, 3.05) is 39.3 Å². The monoisotopic (exact) mass is 239 g/mol. The van der Waals surface area contributed by atoms with Crippen molar-refractivity contribution in [3.05, 3.63) is 0 Å². The van der Waals surface area contributed by atoms with E-state index in [1.165, 1.54) is 0 Å². The van der Waals surface area contributed by atoms with Gasteiger partial charge in [-0.25, -0.2) is 0 Å². The molecule has 0 spiro atoms. The molecular formula is C13H25N3O. The SMILES string of the molecule is CCC1(C(=O)N2CCCNCC2)CCCNC1. The molecule has 4 nitrogen and oxygen atoms in total. The van der Waals surface area contributed by atoms with E-state index < -0.39 is 0 Å². The van der Waals surface area contributed by atoms with Gasteiger partial charge < -0.3 is 15.5 Å². The molecule has 2 aliphatic rings. The zero-order chi connectivity index (χ0) is 12.1. The highest BCUT2D eigenvalue weighted by atomic mass is 16.2. The van der Waals surface area contributed by atoms with E-state index in [2.05, 4.69) is 22.5 Å². The number of nitrogens with zero attached hydrogens (tertiary/aromatic N) is 1. The standard InChI is InChI=1S/C13H25N3O/c1-2-13(5-3-6-15-11-13)12(17)16-9-4-7-14-8-10-16/h14-15H,2-11H2,1H3. The zero-order valence-corrected chi connectivity index (χ0v) is 10.9. The second-order valence-corrected chi connectivity index (χ2v) is 5.31. The Hall–Kier alpha value is -0.610. The molecule has 0 aromatic rings. The van der Waals surface area contributed by atoms with E-state index in [-0.39, 0.29) is 5.41 Å². The fourth-order valence-electron chi connectivity index (χ4n) is 2.99. The lowest BCUT2D eigenvalue weighted by Gasteiger charge is -2.39. The molecule has 1 amide bonds. The van der Waals surface area contributed by atoms with Crippen LogP contribution < -0.4 is 10.6 Å². The van der Waals surface area contributed by atoms with Crippen molar-refractivity contribution in [1.82, 2.24) is 15.5 Å². The van der Waals surface area contributed by atoms with Crippen LogP contribution in [0.1, 0.15) is 32.6 Å². The molecule has 0 aromatic heterocycles. The minimum atomic E-state index is -0.122. The molecule has 0 radical (unpaired) electrons. The molecule has 2 aliphatic heterocycles. The van der Waals surface area contributed by atoms with Crippen LogP contribution in [0.2, 0.25) is 0 Å². The summed E-state index contributed by atoms with van der Waals surface area (Å²) in [6.45, 7) is 7.87. The Morgan fingerprint density at radius 2 is 2.00 bits per heavy atom. The Bertz CT molecular complexity index is 253. The molecule has 98 valence electrons. The lowest BCUT2D eigenvalue weighted by Crippen LogP contribution is -2.52.